The van der Waals surface area contributed by atoms with Gasteiger partial charge in [-0.2, -0.15) is 0 Å². The molecule has 1 aliphatic rings. The van der Waals surface area contributed by atoms with Gasteiger partial charge in [0.25, 0.3) is 0 Å². The maximum atomic E-state index is 11.7. The molecule has 178 valence electrons. The third-order valence-corrected chi connectivity index (χ3v) is 6.90. The highest BCUT2D eigenvalue weighted by molar-refractivity contribution is 7.92. The maximum absolute atomic E-state index is 11.7. The lowest BCUT2D eigenvalue weighted by molar-refractivity contribution is 0.568. The summed E-state index contributed by atoms with van der Waals surface area (Å²) in [4.78, 5) is 6.68. The van der Waals surface area contributed by atoms with E-state index in [1.54, 1.807) is 12.3 Å². The molecule has 2 N–H and O–H groups in total. The number of thiocarbonyl (C=S) groups is 1. The van der Waals surface area contributed by atoms with Gasteiger partial charge in [0, 0.05) is 30.0 Å². The van der Waals surface area contributed by atoms with Crippen LogP contribution in [-0.2, 0) is 10.0 Å². The minimum atomic E-state index is -3.38. The minimum Gasteiger partial charge on any atom is -0.351 e. The second-order valence-corrected chi connectivity index (χ2v) is 10.7. The number of nitrogens with one attached hydrogen (secondary N) is 2. The van der Waals surface area contributed by atoms with E-state index in [0.29, 0.717) is 10.8 Å². The van der Waals surface area contributed by atoms with Crippen LogP contribution in [-0.4, -0.2) is 29.3 Å². The second-order valence-electron chi connectivity index (χ2n) is 8.56. The van der Waals surface area contributed by atoms with E-state index < -0.39 is 10.0 Å². The van der Waals surface area contributed by atoms with Gasteiger partial charge in [0.2, 0.25) is 10.0 Å². The smallest absolute Gasteiger partial charge is 0.229 e. The van der Waals surface area contributed by atoms with Gasteiger partial charge in [0.15, 0.2) is 5.11 Å². The fourth-order valence-corrected chi connectivity index (χ4v) is 5.41. The minimum absolute atomic E-state index is 0.157. The Labute approximate surface area is 210 Å². The quantitative estimate of drug-likeness (QED) is 0.371. The highest BCUT2D eigenvalue weighted by atomic mass is 32.2. The first kappa shape index (κ1) is 23.1. The summed E-state index contributed by atoms with van der Waals surface area (Å²) in [5, 5.41) is 4.05. The van der Waals surface area contributed by atoms with Gasteiger partial charge in [0.05, 0.1) is 29.7 Å². The summed E-state index contributed by atoms with van der Waals surface area (Å²) < 4.78 is 28.1. The Hall–Kier alpha value is -3.69. The molecule has 2 aromatic carbocycles. The van der Waals surface area contributed by atoms with Crippen molar-refractivity contribution in [3.05, 3.63) is 108 Å². The fourth-order valence-electron chi connectivity index (χ4n) is 4.43. The Kier molecular flexibility index (Phi) is 6.04. The Morgan fingerprint density at radius 3 is 2.46 bits per heavy atom. The van der Waals surface area contributed by atoms with Gasteiger partial charge in [-0.1, -0.05) is 24.3 Å². The Morgan fingerprint density at radius 1 is 1.00 bits per heavy atom. The fraction of sp³-hybridized carbons (Fsp3) is 0.154. The lowest BCUT2D eigenvalue weighted by Gasteiger charge is -2.28. The summed E-state index contributed by atoms with van der Waals surface area (Å²) in [6, 6.07) is 23.4. The van der Waals surface area contributed by atoms with E-state index in [4.69, 9.17) is 12.2 Å². The number of rotatable bonds is 6. The van der Waals surface area contributed by atoms with Crippen molar-refractivity contribution >= 4 is 38.7 Å². The van der Waals surface area contributed by atoms with Crippen LogP contribution in [0, 0.1) is 6.92 Å². The molecule has 0 amide bonds. The van der Waals surface area contributed by atoms with E-state index in [2.05, 4.69) is 48.9 Å². The molecule has 0 saturated carbocycles. The first-order valence-electron chi connectivity index (χ1n) is 11.1. The molecule has 3 heterocycles. The van der Waals surface area contributed by atoms with Crippen molar-refractivity contribution in [3.8, 4) is 5.69 Å². The summed E-state index contributed by atoms with van der Waals surface area (Å²) in [6.07, 6.45) is 7.09. The zero-order valence-electron chi connectivity index (χ0n) is 19.3. The molecule has 0 spiro atoms. The number of para-hydroxylation sites is 1. The Bertz CT molecular complexity index is 1470. The highest BCUT2D eigenvalue weighted by Crippen LogP contribution is 2.42. The van der Waals surface area contributed by atoms with Crippen LogP contribution in [0.4, 0.5) is 11.4 Å². The van der Waals surface area contributed by atoms with E-state index >= 15 is 0 Å². The van der Waals surface area contributed by atoms with Crippen molar-refractivity contribution in [1.82, 2.24) is 14.9 Å². The largest absolute Gasteiger partial charge is 0.351 e. The van der Waals surface area contributed by atoms with Crippen LogP contribution < -0.4 is 14.9 Å². The molecule has 2 atom stereocenters. The number of pyridine rings is 1. The van der Waals surface area contributed by atoms with Gasteiger partial charge in [-0.15, -0.1) is 0 Å². The molecule has 35 heavy (non-hydrogen) atoms. The number of hydrogen-bond donors (Lipinski definition) is 2. The molecule has 4 aromatic rings. The van der Waals surface area contributed by atoms with E-state index in [0.717, 1.165) is 34.5 Å². The molecule has 1 saturated heterocycles. The molecule has 0 aliphatic carbocycles. The lowest BCUT2D eigenvalue weighted by atomic mass is 9.98. The van der Waals surface area contributed by atoms with Crippen LogP contribution in [0.3, 0.4) is 0 Å². The van der Waals surface area contributed by atoms with Gasteiger partial charge >= 0.3 is 0 Å². The van der Waals surface area contributed by atoms with Gasteiger partial charge in [-0.3, -0.25) is 9.71 Å². The van der Waals surface area contributed by atoms with E-state index in [1.807, 2.05) is 61.7 Å². The van der Waals surface area contributed by atoms with Crippen LogP contribution in [0.15, 0.2) is 91.4 Å². The van der Waals surface area contributed by atoms with Crippen LogP contribution >= 0.6 is 12.2 Å². The molecule has 0 unspecified atom stereocenters. The summed E-state index contributed by atoms with van der Waals surface area (Å²) in [5.74, 6) is 0. The van der Waals surface area contributed by atoms with Crippen molar-refractivity contribution in [2.45, 2.75) is 19.0 Å². The molecular weight excluding hydrogens is 478 g/mol. The molecule has 9 heteroatoms. The number of nitrogens with zero attached hydrogens (tertiary/aromatic N) is 3. The average molecular weight is 504 g/mol. The highest BCUT2D eigenvalue weighted by Gasteiger charge is 2.41. The monoisotopic (exact) mass is 503 g/mol. The maximum Gasteiger partial charge on any atom is 0.229 e. The molecule has 7 nitrogen and oxygen atoms in total. The summed E-state index contributed by atoms with van der Waals surface area (Å²) >= 11 is 5.81. The van der Waals surface area contributed by atoms with Crippen molar-refractivity contribution in [2.75, 3.05) is 15.9 Å². The zero-order chi connectivity index (χ0) is 24.6. The average Bonchev–Trinajstić information content (AvgIpc) is 3.45. The number of sulfonamides is 1. The number of aromatic nitrogens is 2. The number of aryl methyl sites for hydroxylation is 1. The van der Waals surface area contributed by atoms with Gasteiger partial charge in [-0.25, -0.2) is 8.42 Å². The van der Waals surface area contributed by atoms with Crippen molar-refractivity contribution < 1.29 is 8.42 Å². The molecule has 5 rings (SSSR count). The van der Waals surface area contributed by atoms with Crippen LogP contribution in [0.2, 0.25) is 0 Å². The standard InChI is InChI=1S/C26H25N5O2S2/c1-18-16-21(11-12-22(18)29-35(2,32)33)31-25(24(28-26(31)34)23-10-6-7-14-27-23)19-13-15-30(17-19)20-8-4-3-5-9-20/h3-17,24-25,29H,1-2H3,(H,28,34)/t24-,25+/m0/s1. The molecule has 1 aliphatic heterocycles. The molecule has 2 aromatic heterocycles. The third-order valence-electron chi connectivity index (χ3n) is 5.99. The lowest BCUT2D eigenvalue weighted by Crippen LogP contribution is -2.29. The van der Waals surface area contributed by atoms with Crippen LogP contribution in [0.5, 0.6) is 0 Å². The Morgan fingerprint density at radius 2 is 1.77 bits per heavy atom. The van der Waals surface area contributed by atoms with E-state index in [9.17, 15) is 8.42 Å². The normalized spacial score (nSPS) is 17.9. The summed E-state index contributed by atoms with van der Waals surface area (Å²) in [5.41, 5.74) is 5.25. The van der Waals surface area contributed by atoms with Crippen molar-refractivity contribution in [1.29, 1.82) is 0 Å². The SMILES string of the molecule is Cc1cc(N2C(=S)N[C@@H](c3ccccn3)[C@H]2c2ccn(-c3ccccc3)c2)ccc1NS(C)(=O)=O. The summed E-state index contributed by atoms with van der Waals surface area (Å²) in [7, 11) is -3.38. The van der Waals surface area contributed by atoms with Gasteiger partial charge < -0.3 is 14.8 Å². The Balaban J connectivity index is 1.58. The molecular formula is C26H25N5O2S2. The van der Waals surface area contributed by atoms with Crippen molar-refractivity contribution in [2.24, 2.45) is 0 Å². The first-order valence-corrected chi connectivity index (χ1v) is 13.4. The topological polar surface area (TPSA) is 79.3 Å². The predicted octanol–water partition coefficient (Wildman–Crippen LogP) is 4.73. The third kappa shape index (κ3) is 4.78. The molecule has 0 bridgehead atoms. The van der Waals surface area contributed by atoms with Crippen molar-refractivity contribution in [3.63, 3.8) is 0 Å². The van der Waals surface area contributed by atoms with Gasteiger partial charge in [0.1, 0.15) is 0 Å². The zero-order valence-corrected chi connectivity index (χ0v) is 20.9. The van der Waals surface area contributed by atoms with Crippen LogP contribution in [0.1, 0.15) is 28.9 Å². The van der Waals surface area contributed by atoms with Crippen LogP contribution in [0.25, 0.3) is 5.69 Å². The second kappa shape index (κ2) is 9.16. The molecule has 1 fully saturated rings. The molecule has 0 radical (unpaired) electrons. The van der Waals surface area contributed by atoms with E-state index in [-0.39, 0.29) is 12.1 Å². The summed E-state index contributed by atoms with van der Waals surface area (Å²) in [6.45, 7) is 1.88. The van der Waals surface area contributed by atoms with Gasteiger partial charge in [-0.05, 0) is 78.8 Å². The number of hydrogen-bond acceptors (Lipinski definition) is 4. The predicted molar refractivity (Wildman–Crippen MR) is 143 cm³/mol. The number of benzene rings is 2. The van der Waals surface area contributed by atoms with E-state index in [1.165, 1.54) is 0 Å². The first-order chi connectivity index (χ1) is 16.8. The number of anilines is 2.